The number of anilines is 2. The van der Waals surface area contributed by atoms with Crippen LogP contribution in [0, 0.1) is 5.92 Å². The Bertz CT molecular complexity index is 1840. The maximum Gasteiger partial charge on any atom is 0.416 e. The minimum Gasteiger partial charge on any atom is -0.490 e. The zero-order chi connectivity index (χ0) is 31.9. The molecule has 232 valence electrons. The summed E-state index contributed by atoms with van der Waals surface area (Å²) in [6, 6.07) is 17.8. The molecule has 6 rings (SSSR count). The Morgan fingerprint density at radius 3 is 2.47 bits per heavy atom. The summed E-state index contributed by atoms with van der Waals surface area (Å²) in [5.74, 6) is -3.03. The van der Waals surface area contributed by atoms with Crippen molar-refractivity contribution in [3.8, 4) is 11.5 Å². The van der Waals surface area contributed by atoms with Crippen LogP contribution in [0.2, 0.25) is 0 Å². The molecule has 2 N–H and O–H groups in total. The molecule has 14 heteroatoms. The van der Waals surface area contributed by atoms with Gasteiger partial charge in [0.1, 0.15) is 5.25 Å². The number of imide groups is 1. The molecule has 0 radical (unpaired) electrons. The van der Waals surface area contributed by atoms with Gasteiger partial charge in [-0.15, -0.1) is 0 Å². The standard InChI is InChI=1S/C31H24F3N3O6S2/c1-2-42-21-13-16(11-12-20(21)43-15-22(38)35-18-8-4-3-5-9-18)23-24-26(44-27-25(23)45-30(41)36-27)29(40)37(28(24)39)19-10-6-7-17(14-19)31(32,33)34/h3-14,23-24,26H,2,15H2,1H3,(H,35,38)(H,36,41). The second-order valence-corrected chi connectivity index (χ2v) is 12.3. The van der Waals surface area contributed by atoms with Crippen LogP contribution in [-0.2, 0) is 20.6 Å². The summed E-state index contributed by atoms with van der Waals surface area (Å²) >= 11 is 1.92. The van der Waals surface area contributed by atoms with Crippen LogP contribution in [-0.4, -0.2) is 41.2 Å². The topological polar surface area (TPSA) is 118 Å². The van der Waals surface area contributed by atoms with E-state index in [1.54, 1.807) is 49.4 Å². The normalized spacial score (nSPS) is 19.2. The minimum absolute atomic E-state index is 0.182. The number of nitrogens with one attached hydrogen (secondary N) is 2. The predicted octanol–water partition coefficient (Wildman–Crippen LogP) is 5.67. The summed E-state index contributed by atoms with van der Waals surface area (Å²) in [4.78, 5) is 56.2. The fraction of sp³-hybridized carbons (Fsp3) is 0.226. The number of benzene rings is 3. The molecule has 3 unspecified atom stereocenters. The molecule has 1 aromatic heterocycles. The molecule has 1 saturated heterocycles. The first-order valence-electron chi connectivity index (χ1n) is 13.7. The second kappa shape index (κ2) is 12.1. The van der Waals surface area contributed by atoms with Crippen molar-refractivity contribution >= 4 is 52.2 Å². The highest BCUT2D eigenvalue weighted by Gasteiger charge is 2.56. The van der Waals surface area contributed by atoms with Crippen LogP contribution in [0.4, 0.5) is 24.5 Å². The summed E-state index contributed by atoms with van der Waals surface area (Å²) in [5.41, 5.74) is -0.0405. The molecule has 0 aliphatic carbocycles. The molecular weight excluding hydrogens is 631 g/mol. The number of thioether (sulfide) groups is 1. The third-order valence-electron chi connectivity index (χ3n) is 7.30. The summed E-state index contributed by atoms with van der Waals surface area (Å²) in [5, 5.41) is 2.15. The van der Waals surface area contributed by atoms with Crippen LogP contribution in [0.25, 0.3) is 0 Å². The van der Waals surface area contributed by atoms with E-state index in [1.807, 2.05) is 6.07 Å². The van der Waals surface area contributed by atoms with Crippen LogP contribution in [0.3, 0.4) is 0 Å². The third-order valence-corrected chi connectivity index (χ3v) is 9.70. The van der Waals surface area contributed by atoms with Crippen molar-refractivity contribution in [1.82, 2.24) is 4.98 Å². The van der Waals surface area contributed by atoms with Gasteiger partial charge in [-0.25, -0.2) is 4.90 Å². The van der Waals surface area contributed by atoms with Gasteiger partial charge in [0.15, 0.2) is 18.1 Å². The van der Waals surface area contributed by atoms with Crippen molar-refractivity contribution in [2.75, 3.05) is 23.4 Å². The summed E-state index contributed by atoms with van der Waals surface area (Å²) in [6.45, 7) is 1.68. The molecule has 2 aliphatic rings. The molecular formula is C31H24F3N3O6S2. The molecule has 4 aromatic rings. The number of rotatable bonds is 8. The molecule has 3 amide bonds. The molecule has 3 atom stereocenters. The molecule has 45 heavy (non-hydrogen) atoms. The fourth-order valence-electron chi connectivity index (χ4n) is 5.42. The van der Waals surface area contributed by atoms with Crippen LogP contribution in [0.5, 0.6) is 11.5 Å². The van der Waals surface area contributed by atoms with Gasteiger partial charge in [0, 0.05) is 16.5 Å². The molecule has 9 nitrogen and oxygen atoms in total. The molecule has 0 saturated carbocycles. The number of carbonyl (C=O) groups is 3. The number of halogens is 3. The zero-order valence-electron chi connectivity index (χ0n) is 23.4. The number of hydrogen-bond donors (Lipinski definition) is 2. The Labute approximate surface area is 262 Å². The first kappa shape index (κ1) is 30.5. The lowest BCUT2D eigenvalue weighted by atomic mass is 9.83. The Hall–Kier alpha value is -4.56. The number of ether oxygens (including phenoxy) is 2. The van der Waals surface area contributed by atoms with Gasteiger partial charge in [0.25, 0.3) is 5.91 Å². The van der Waals surface area contributed by atoms with Crippen molar-refractivity contribution in [2.24, 2.45) is 5.92 Å². The smallest absolute Gasteiger partial charge is 0.416 e. The molecule has 0 bridgehead atoms. The molecule has 2 aliphatic heterocycles. The molecule has 3 heterocycles. The van der Waals surface area contributed by atoms with E-state index in [9.17, 15) is 32.3 Å². The maximum absolute atomic E-state index is 13.9. The van der Waals surface area contributed by atoms with Gasteiger partial charge in [0.05, 0.1) is 28.8 Å². The fourth-order valence-corrected chi connectivity index (χ4v) is 7.93. The van der Waals surface area contributed by atoms with Gasteiger partial charge >= 0.3 is 11.0 Å². The van der Waals surface area contributed by atoms with Crippen molar-refractivity contribution in [3.63, 3.8) is 0 Å². The van der Waals surface area contributed by atoms with Gasteiger partial charge < -0.3 is 19.8 Å². The van der Waals surface area contributed by atoms with Crippen LogP contribution in [0.15, 0.2) is 82.6 Å². The van der Waals surface area contributed by atoms with E-state index in [2.05, 4.69) is 10.3 Å². The third kappa shape index (κ3) is 5.94. The van der Waals surface area contributed by atoms with Crippen LogP contribution in [0.1, 0.15) is 28.8 Å². The van der Waals surface area contributed by atoms with Crippen molar-refractivity contribution in [3.05, 3.63) is 98.5 Å². The number of aromatic amines is 1. The van der Waals surface area contributed by atoms with Gasteiger partial charge in [-0.2, -0.15) is 13.2 Å². The van der Waals surface area contributed by atoms with E-state index < -0.39 is 46.5 Å². The van der Waals surface area contributed by atoms with Crippen molar-refractivity contribution in [1.29, 1.82) is 0 Å². The first-order chi connectivity index (χ1) is 21.5. The summed E-state index contributed by atoms with van der Waals surface area (Å²) < 4.78 is 52.0. The number of thiazole rings is 1. The lowest BCUT2D eigenvalue weighted by Gasteiger charge is -2.30. The number of para-hydroxylation sites is 1. The van der Waals surface area contributed by atoms with Gasteiger partial charge in [-0.3, -0.25) is 19.2 Å². The lowest BCUT2D eigenvalue weighted by molar-refractivity contribution is -0.137. The number of nitrogens with zero attached hydrogens (tertiary/aromatic N) is 1. The average Bonchev–Trinajstić information content (AvgIpc) is 3.50. The number of aromatic nitrogens is 1. The van der Waals surface area contributed by atoms with Crippen molar-refractivity contribution < 1.29 is 37.0 Å². The quantitative estimate of drug-likeness (QED) is 0.235. The number of carbonyl (C=O) groups excluding carboxylic acids is 3. The Balaban J connectivity index is 1.33. The van der Waals surface area contributed by atoms with E-state index in [1.165, 1.54) is 6.07 Å². The van der Waals surface area contributed by atoms with Crippen molar-refractivity contribution in [2.45, 2.75) is 29.3 Å². The second-order valence-electron chi connectivity index (χ2n) is 10.2. The Kier molecular flexibility index (Phi) is 8.18. The minimum atomic E-state index is -4.67. The van der Waals surface area contributed by atoms with Gasteiger partial charge in [-0.05, 0) is 55.0 Å². The van der Waals surface area contributed by atoms with E-state index in [-0.39, 0.29) is 35.3 Å². The Morgan fingerprint density at radius 2 is 1.73 bits per heavy atom. The monoisotopic (exact) mass is 655 g/mol. The number of H-pyrrole nitrogens is 1. The lowest BCUT2D eigenvalue weighted by Crippen LogP contribution is -2.32. The average molecular weight is 656 g/mol. The molecule has 0 spiro atoms. The number of fused-ring (bicyclic) bond motifs is 2. The predicted molar refractivity (Wildman–Crippen MR) is 162 cm³/mol. The molecule has 3 aromatic carbocycles. The highest BCUT2D eigenvalue weighted by Crippen LogP contribution is 2.54. The maximum atomic E-state index is 13.9. The van der Waals surface area contributed by atoms with E-state index in [0.29, 0.717) is 21.2 Å². The summed E-state index contributed by atoms with van der Waals surface area (Å²) in [7, 11) is 0. The van der Waals surface area contributed by atoms with Crippen LogP contribution >= 0.6 is 23.1 Å². The SMILES string of the molecule is CCOc1cc(C2c3sc(=O)[nH]c3SC3C(=O)N(c4cccc(C(F)(F)F)c4)C(=O)C32)ccc1OCC(=O)Nc1ccccc1. The van der Waals surface area contributed by atoms with Gasteiger partial charge in [-0.1, -0.05) is 53.4 Å². The van der Waals surface area contributed by atoms with E-state index in [4.69, 9.17) is 9.47 Å². The Morgan fingerprint density at radius 1 is 0.956 bits per heavy atom. The molecule has 1 fully saturated rings. The number of alkyl halides is 3. The zero-order valence-corrected chi connectivity index (χ0v) is 25.1. The largest absolute Gasteiger partial charge is 0.490 e. The van der Waals surface area contributed by atoms with Crippen LogP contribution < -0.4 is 24.6 Å². The van der Waals surface area contributed by atoms with E-state index >= 15 is 0 Å². The van der Waals surface area contributed by atoms with Gasteiger partial charge in [0.2, 0.25) is 11.8 Å². The highest BCUT2D eigenvalue weighted by molar-refractivity contribution is 8.00. The van der Waals surface area contributed by atoms with E-state index in [0.717, 1.165) is 46.2 Å². The highest BCUT2D eigenvalue weighted by atomic mass is 32.2. The number of amides is 3. The first-order valence-corrected chi connectivity index (χ1v) is 15.4. The number of hydrogen-bond acceptors (Lipinski definition) is 8. The summed E-state index contributed by atoms with van der Waals surface area (Å²) in [6.07, 6.45) is -4.67.